The van der Waals surface area contributed by atoms with Crippen LogP contribution in [0.15, 0.2) is 29.2 Å². The summed E-state index contributed by atoms with van der Waals surface area (Å²) in [5, 5.41) is 3.48. The first-order chi connectivity index (χ1) is 8.63. The molecule has 1 atom stereocenters. The molecule has 0 aromatic heterocycles. The Hall–Kier alpha value is -0.510. The third-order valence-electron chi connectivity index (χ3n) is 2.66. The lowest BCUT2D eigenvalue weighted by Gasteiger charge is -2.19. The zero-order valence-electron chi connectivity index (χ0n) is 11.9. The van der Waals surface area contributed by atoms with Crippen molar-refractivity contribution in [2.24, 2.45) is 0 Å². The third kappa shape index (κ3) is 5.89. The van der Waals surface area contributed by atoms with Crippen molar-refractivity contribution in [2.75, 3.05) is 18.9 Å². The van der Waals surface area contributed by atoms with Gasteiger partial charge in [0.1, 0.15) is 0 Å². The lowest BCUT2D eigenvalue weighted by atomic mass is 10.2. The van der Waals surface area contributed by atoms with Gasteiger partial charge in [-0.25, -0.2) is 0 Å². The molecular formula is C15H25NOS. The number of hydrogen-bond acceptors (Lipinski definition) is 3. The minimum Gasteiger partial charge on any atom is -0.377 e. The molecule has 18 heavy (non-hydrogen) atoms. The van der Waals surface area contributed by atoms with Crippen LogP contribution < -0.4 is 5.32 Å². The molecule has 0 fully saturated rings. The normalized spacial score (nSPS) is 12.9. The van der Waals surface area contributed by atoms with E-state index in [9.17, 15) is 0 Å². The van der Waals surface area contributed by atoms with Gasteiger partial charge in [-0.1, -0.05) is 25.1 Å². The van der Waals surface area contributed by atoms with Crippen LogP contribution >= 0.6 is 11.8 Å². The van der Waals surface area contributed by atoms with E-state index < -0.39 is 0 Å². The Morgan fingerprint density at radius 1 is 1.28 bits per heavy atom. The lowest BCUT2D eigenvalue weighted by molar-refractivity contribution is 0.0658. The van der Waals surface area contributed by atoms with Crippen molar-refractivity contribution < 1.29 is 4.74 Å². The molecule has 0 heterocycles. The largest absolute Gasteiger partial charge is 0.377 e. The molecule has 1 rings (SSSR count). The molecule has 0 spiro atoms. The highest BCUT2D eigenvalue weighted by Crippen LogP contribution is 2.22. The molecule has 1 aromatic carbocycles. The van der Waals surface area contributed by atoms with Gasteiger partial charge in [-0.2, -0.15) is 0 Å². The summed E-state index contributed by atoms with van der Waals surface area (Å²) in [5.74, 6) is 1.05. The minimum atomic E-state index is 0.301. The van der Waals surface area contributed by atoms with Crippen molar-refractivity contribution in [3.05, 3.63) is 29.8 Å². The van der Waals surface area contributed by atoms with Crippen molar-refractivity contribution in [1.29, 1.82) is 0 Å². The fourth-order valence-electron chi connectivity index (χ4n) is 1.67. The van der Waals surface area contributed by atoms with E-state index in [1.54, 1.807) is 0 Å². The van der Waals surface area contributed by atoms with Crippen LogP contribution in [0.4, 0.5) is 0 Å². The maximum absolute atomic E-state index is 5.70. The average molecular weight is 267 g/mol. The molecule has 0 aliphatic rings. The maximum atomic E-state index is 5.70. The Balaban J connectivity index is 2.44. The van der Waals surface area contributed by atoms with Gasteiger partial charge < -0.3 is 10.1 Å². The van der Waals surface area contributed by atoms with Crippen LogP contribution in [0.3, 0.4) is 0 Å². The molecular weight excluding hydrogens is 242 g/mol. The van der Waals surface area contributed by atoms with E-state index in [2.05, 4.69) is 57.3 Å². The van der Waals surface area contributed by atoms with Crippen LogP contribution in [0.25, 0.3) is 0 Å². The molecule has 0 aliphatic heterocycles. The van der Waals surface area contributed by atoms with Crippen molar-refractivity contribution in [3.63, 3.8) is 0 Å². The second-order valence-electron chi connectivity index (χ2n) is 4.71. The SMILES string of the molecule is CCNC(COC(C)C)CSc1ccccc1C. The zero-order chi connectivity index (χ0) is 13.4. The van der Waals surface area contributed by atoms with E-state index in [1.807, 2.05) is 11.8 Å². The Morgan fingerprint density at radius 2 is 2.00 bits per heavy atom. The fraction of sp³-hybridized carbons (Fsp3) is 0.600. The van der Waals surface area contributed by atoms with Gasteiger partial charge in [-0.05, 0) is 38.9 Å². The molecule has 102 valence electrons. The van der Waals surface area contributed by atoms with Crippen molar-refractivity contribution in [3.8, 4) is 0 Å². The summed E-state index contributed by atoms with van der Waals surface area (Å²) >= 11 is 1.90. The first-order valence-electron chi connectivity index (χ1n) is 6.67. The topological polar surface area (TPSA) is 21.3 Å². The summed E-state index contributed by atoms with van der Waals surface area (Å²) in [6.45, 7) is 10.2. The van der Waals surface area contributed by atoms with Crippen LogP contribution in [0.5, 0.6) is 0 Å². The highest BCUT2D eigenvalue weighted by Gasteiger charge is 2.10. The molecule has 3 heteroatoms. The number of nitrogens with one attached hydrogen (secondary N) is 1. The van der Waals surface area contributed by atoms with Gasteiger partial charge in [0.25, 0.3) is 0 Å². The molecule has 1 N–H and O–H groups in total. The van der Waals surface area contributed by atoms with Crippen molar-refractivity contribution in [1.82, 2.24) is 5.32 Å². The van der Waals surface area contributed by atoms with Crippen LogP contribution in [-0.4, -0.2) is 31.1 Å². The first-order valence-corrected chi connectivity index (χ1v) is 7.65. The Bertz CT molecular complexity index is 341. The van der Waals surface area contributed by atoms with Crippen LogP contribution in [0.2, 0.25) is 0 Å². The maximum Gasteiger partial charge on any atom is 0.0631 e. The highest BCUT2D eigenvalue weighted by molar-refractivity contribution is 7.99. The number of hydrogen-bond donors (Lipinski definition) is 1. The predicted octanol–water partition coefficient (Wildman–Crippen LogP) is 3.49. The molecule has 1 aromatic rings. The molecule has 0 saturated carbocycles. The predicted molar refractivity (Wildman–Crippen MR) is 80.5 cm³/mol. The van der Waals surface area contributed by atoms with E-state index in [4.69, 9.17) is 4.74 Å². The van der Waals surface area contributed by atoms with E-state index in [0.29, 0.717) is 12.1 Å². The molecule has 0 amide bonds. The van der Waals surface area contributed by atoms with E-state index >= 15 is 0 Å². The van der Waals surface area contributed by atoms with Crippen molar-refractivity contribution >= 4 is 11.8 Å². The number of benzene rings is 1. The Morgan fingerprint density at radius 3 is 2.61 bits per heavy atom. The second kappa shape index (κ2) is 8.57. The smallest absolute Gasteiger partial charge is 0.0631 e. The quantitative estimate of drug-likeness (QED) is 0.729. The van der Waals surface area contributed by atoms with Gasteiger partial charge in [0, 0.05) is 16.7 Å². The molecule has 0 saturated heterocycles. The minimum absolute atomic E-state index is 0.301. The van der Waals surface area contributed by atoms with Crippen LogP contribution in [-0.2, 0) is 4.74 Å². The Labute approximate surface area is 116 Å². The average Bonchev–Trinajstić information content (AvgIpc) is 2.34. The molecule has 1 unspecified atom stereocenters. The van der Waals surface area contributed by atoms with E-state index in [1.165, 1.54) is 10.5 Å². The third-order valence-corrected chi connectivity index (χ3v) is 4.00. The molecule has 0 radical (unpaired) electrons. The number of thioether (sulfide) groups is 1. The van der Waals surface area contributed by atoms with Gasteiger partial charge in [0.15, 0.2) is 0 Å². The summed E-state index contributed by atoms with van der Waals surface area (Å²) in [5.41, 5.74) is 1.35. The summed E-state index contributed by atoms with van der Waals surface area (Å²) in [6.07, 6.45) is 0.301. The summed E-state index contributed by atoms with van der Waals surface area (Å²) in [4.78, 5) is 1.37. The molecule has 0 bridgehead atoms. The second-order valence-corrected chi connectivity index (χ2v) is 5.78. The van der Waals surface area contributed by atoms with Crippen LogP contribution in [0.1, 0.15) is 26.3 Å². The molecule has 2 nitrogen and oxygen atoms in total. The van der Waals surface area contributed by atoms with Gasteiger partial charge in [-0.15, -0.1) is 11.8 Å². The summed E-state index contributed by atoms with van der Waals surface area (Å²) < 4.78 is 5.70. The standard InChI is InChI=1S/C15H25NOS/c1-5-16-14(10-17-12(2)3)11-18-15-9-7-6-8-13(15)4/h6-9,12,14,16H,5,10-11H2,1-4H3. The number of likely N-dealkylation sites (N-methyl/N-ethyl adjacent to an activating group) is 1. The molecule has 0 aliphatic carbocycles. The van der Waals surface area contributed by atoms with Gasteiger partial charge in [0.05, 0.1) is 12.7 Å². The number of ether oxygens (including phenoxy) is 1. The van der Waals surface area contributed by atoms with Crippen molar-refractivity contribution in [2.45, 2.75) is 44.7 Å². The van der Waals surface area contributed by atoms with E-state index in [0.717, 1.165) is 18.9 Å². The van der Waals surface area contributed by atoms with Gasteiger partial charge >= 0.3 is 0 Å². The highest BCUT2D eigenvalue weighted by atomic mass is 32.2. The monoisotopic (exact) mass is 267 g/mol. The summed E-state index contributed by atoms with van der Waals surface area (Å²) in [7, 11) is 0. The number of rotatable bonds is 8. The Kier molecular flexibility index (Phi) is 7.40. The lowest BCUT2D eigenvalue weighted by Crippen LogP contribution is -2.36. The van der Waals surface area contributed by atoms with Crippen LogP contribution in [0, 0.1) is 6.92 Å². The van der Waals surface area contributed by atoms with Gasteiger partial charge in [0.2, 0.25) is 0 Å². The summed E-state index contributed by atoms with van der Waals surface area (Å²) in [6, 6.07) is 8.95. The zero-order valence-corrected chi connectivity index (χ0v) is 12.7. The first kappa shape index (κ1) is 15.5. The number of aryl methyl sites for hydroxylation is 1. The van der Waals surface area contributed by atoms with Gasteiger partial charge in [-0.3, -0.25) is 0 Å². The van der Waals surface area contributed by atoms with E-state index in [-0.39, 0.29) is 0 Å². The fourth-order valence-corrected chi connectivity index (χ4v) is 2.74.